The van der Waals surface area contributed by atoms with Crippen LogP contribution in [0.3, 0.4) is 0 Å². The molecule has 2 N–H and O–H groups in total. The highest BCUT2D eigenvalue weighted by Crippen LogP contribution is 2.18. The van der Waals surface area contributed by atoms with Crippen molar-refractivity contribution < 1.29 is 4.79 Å². The van der Waals surface area contributed by atoms with Gasteiger partial charge in [-0.05, 0) is 36.8 Å². The van der Waals surface area contributed by atoms with Crippen molar-refractivity contribution in [1.29, 1.82) is 0 Å². The van der Waals surface area contributed by atoms with E-state index in [0.29, 0.717) is 12.3 Å². The minimum Gasteiger partial charge on any atom is -0.341 e. The molecule has 0 spiro atoms. The van der Waals surface area contributed by atoms with Gasteiger partial charge in [0, 0.05) is 13.1 Å². The fraction of sp³-hybridized carbons (Fsp3) is 0.412. The SMILES string of the molecule is C=C=CC1CCN(C(=O)[C@@H](N)Cc2ccccc2)CC1. The van der Waals surface area contributed by atoms with Crippen LogP contribution < -0.4 is 5.73 Å². The van der Waals surface area contributed by atoms with Crippen molar-refractivity contribution in [3.8, 4) is 0 Å². The highest BCUT2D eigenvalue weighted by molar-refractivity contribution is 5.82. The molecule has 2 rings (SSSR count). The predicted octanol–water partition coefficient (Wildman–Crippen LogP) is 2.14. The standard InChI is InChI=1S/C17H22N2O/c1-2-6-14-9-11-19(12-10-14)17(20)16(18)13-15-7-4-3-5-8-15/h3-8,14,16H,1,9-13,18H2/t16-/m0/s1. The second-order valence-corrected chi connectivity index (χ2v) is 5.33. The molecule has 106 valence electrons. The number of piperidine rings is 1. The van der Waals surface area contributed by atoms with Gasteiger partial charge in [-0.15, -0.1) is 5.73 Å². The minimum absolute atomic E-state index is 0.0647. The van der Waals surface area contributed by atoms with Crippen molar-refractivity contribution >= 4 is 5.91 Å². The highest BCUT2D eigenvalue weighted by Gasteiger charge is 2.25. The molecule has 1 aromatic carbocycles. The van der Waals surface area contributed by atoms with Crippen molar-refractivity contribution in [2.75, 3.05) is 13.1 Å². The number of carbonyl (C=O) groups is 1. The maximum absolute atomic E-state index is 12.3. The first-order chi connectivity index (χ1) is 9.70. The lowest BCUT2D eigenvalue weighted by atomic mass is 9.96. The van der Waals surface area contributed by atoms with E-state index < -0.39 is 6.04 Å². The zero-order valence-corrected chi connectivity index (χ0v) is 11.8. The van der Waals surface area contributed by atoms with E-state index in [-0.39, 0.29) is 5.91 Å². The van der Waals surface area contributed by atoms with Gasteiger partial charge < -0.3 is 10.6 Å². The Balaban J connectivity index is 1.87. The van der Waals surface area contributed by atoms with Crippen LogP contribution in [-0.2, 0) is 11.2 Å². The van der Waals surface area contributed by atoms with E-state index >= 15 is 0 Å². The van der Waals surface area contributed by atoms with Gasteiger partial charge in [0.25, 0.3) is 0 Å². The number of rotatable bonds is 4. The quantitative estimate of drug-likeness (QED) is 0.852. The van der Waals surface area contributed by atoms with Gasteiger partial charge in [0.15, 0.2) is 0 Å². The lowest BCUT2D eigenvalue weighted by Crippen LogP contribution is -2.47. The van der Waals surface area contributed by atoms with E-state index in [4.69, 9.17) is 5.73 Å². The number of allylic oxidation sites excluding steroid dienone is 1. The summed E-state index contributed by atoms with van der Waals surface area (Å²) in [5.41, 5.74) is 9.99. The summed E-state index contributed by atoms with van der Waals surface area (Å²) in [4.78, 5) is 14.2. The Bertz CT molecular complexity index is 483. The molecule has 0 aromatic heterocycles. The van der Waals surface area contributed by atoms with Gasteiger partial charge in [0.2, 0.25) is 5.91 Å². The average molecular weight is 270 g/mol. The van der Waals surface area contributed by atoms with Crippen LogP contribution in [0.25, 0.3) is 0 Å². The summed E-state index contributed by atoms with van der Waals surface area (Å²) >= 11 is 0. The highest BCUT2D eigenvalue weighted by atomic mass is 16.2. The molecule has 3 nitrogen and oxygen atoms in total. The van der Waals surface area contributed by atoms with Gasteiger partial charge >= 0.3 is 0 Å². The first-order valence-electron chi connectivity index (χ1n) is 7.15. The molecule has 3 heteroatoms. The van der Waals surface area contributed by atoms with Crippen LogP contribution in [0, 0.1) is 5.92 Å². The van der Waals surface area contributed by atoms with Crippen LogP contribution >= 0.6 is 0 Å². The first-order valence-corrected chi connectivity index (χ1v) is 7.15. The Hall–Kier alpha value is -1.83. The van der Waals surface area contributed by atoms with E-state index in [9.17, 15) is 4.79 Å². The molecule has 1 amide bonds. The Morgan fingerprint density at radius 1 is 1.40 bits per heavy atom. The van der Waals surface area contributed by atoms with E-state index in [0.717, 1.165) is 31.5 Å². The summed E-state index contributed by atoms with van der Waals surface area (Å²) in [6, 6.07) is 9.49. The lowest BCUT2D eigenvalue weighted by Gasteiger charge is -2.32. The number of amides is 1. The maximum Gasteiger partial charge on any atom is 0.239 e. The number of hydrogen-bond donors (Lipinski definition) is 1. The predicted molar refractivity (Wildman–Crippen MR) is 81.1 cm³/mol. The first kappa shape index (κ1) is 14.6. The number of nitrogens with two attached hydrogens (primary N) is 1. The zero-order valence-electron chi connectivity index (χ0n) is 11.8. The second kappa shape index (κ2) is 7.09. The molecule has 1 saturated heterocycles. The summed E-state index contributed by atoms with van der Waals surface area (Å²) in [6.45, 7) is 5.17. The summed E-state index contributed by atoms with van der Waals surface area (Å²) in [7, 11) is 0. The molecule has 20 heavy (non-hydrogen) atoms. The molecule has 1 atom stereocenters. The van der Waals surface area contributed by atoms with Crippen LogP contribution in [0.4, 0.5) is 0 Å². The Morgan fingerprint density at radius 3 is 2.65 bits per heavy atom. The Morgan fingerprint density at radius 2 is 2.05 bits per heavy atom. The number of likely N-dealkylation sites (tertiary alicyclic amines) is 1. The molecule has 1 fully saturated rings. The number of benzene rings is 1. The molecule has 1 heterocycles. The van der Waals surface area contributed by atoms with Crippen LogP contribution in [0.15, 0.2) is 48.7 Å². The molecule has 0 radical (unpaired) electrons. The van der Waals surface area contributed by atoms with Crippen molar-refractivity contribution in [2.45, 2.75) is 25.3 Å². The van der Waals surface area contributed by atoms with Gasteiger partial charge in [-0.3, -0.25) is 4.79 Å². The molecule has 1 aromatic rings. The molecular weight excluding hydrogens is 248 g/mol. The molecule has 1 aliphatic heterocycles. The number of nitrogens with zero attached hydrogens (tertiary/aromatic N) is 1. The van der Waals surface area contributed by atoms with Gasteiger partial charge in [-0.1, -0.05) is 36.9 Å². The molecule has 0 bridgehead atoms. The largest absolute Gasteiger partial charge is 0.341 e. The van der Waals surface area contributed by atoms with Gasteiger partial charge in [0.05, 0.1) is 6.04 Å². The fourth-order valence-corrected chi connectivity index (χ4v) is 2.64. The maximum atomic E-state index is 12.3. The van der Waals surface area contributed by atoms with Crippen LogP contribution in [0.2, 0.25) is 0 Å². The molecule has 0 saturated carbocycles. The van der Waals surface area contributed by atoms with E-state index in [1.165, 1.54) is 0 Å². The van der Waals surface area contributed by atoms with Crippen molar-refractivity contribution in [3.05, 3.63) is 54.3 Å². The molecule has 1 aliphatic rings. The zero-order chi connectivity index (χ0) is 14.4. The second-order valence-electron chi connectivity index (χ2n) is 5.33. The molecule has 0 unspecified atom stereocenters. The Labute approximate surface area is 120 Å². The van der Waals surface area contributed by atoms with Crippen molar-refractivity contribution in [3.63, 3.8) is 0 Å². The van der Waals surface area contributed by atoms with E-state index in [2.05, 4.69) is 12.3 Å². The van der Waals surface area contributed by atoms with Gasteiger partial charge in [-0.25, -0.2) is 0 Å². The monoisotopic (exact) mass is 270 g/mol. The van der Waals surface area contributed by atoms with Crippen molar-refractivity contribution in [2.24, 2.45) is 11.7 Å². The average Bonchev–Trinajstić information content (AvgIpc) is 2.48. The van der Waals surface area contributed by atoms with E-state index in [1.54, 1.807) is 0 Å². The minimum atomic E-state index is -0.441. The summed E-state index contributed by atoms with van der Waals surface area (Å²) in [6.07, 6.45) is 4.57. The number of carbonyl (C=O) groups excluding carboxylic acids is 1. The third-order valence-corrected chi connectivity index (χ3v) is 3.82. The normalized spacial score (nSPS) is 17.4. The van der Waals surface area contributed by atoms with Crippen LogP contribution in [0.5, 0.6) is 0 Å². The Kier molecular flexibility index (Phi) is 5.16. The summed E-state index contributed by atoms with van der Waals surface area (Å²) in [5, 5.41) is 0. The summed E-state index contributed by atoms with van der Waals surface area (Å²) < 4.78 is 0. The fourth-order valence-electron chi connectivity index (χ4n) is 2.64. The van der Waals surface area contributed by atoms with Crippen molar-refractivity contribution in [1.82, 2.24) is 4.90 Å². The van der Waals surface area contributed by atoms with Gasteiger partial charge in [-0.2, -0.15) is 0 Å². The number of hydrogen-bond acceptors (Lipinski definition) is 2. The lowest BCUT2D eigenvalue weighted by molar-refractivity contribution is -0.133. The van der Waals surface area contributed by atoms with Crippen LogP contribution in [0.1, 0.15) is 18.4 Å². The molecule has 0 aliphatic carbocycles. The van der Waals surface area contributed by atoms with E-state index in [1.807, 2.05) is 41.3 Å². The third kappa shape index (κ3) is 3.83. The smallest absolute Gasteiger partial charge is 0.239 e. The van der Waals surface area contributed by atoms with Gasteiger partial charge in [0.1, 0.15) is 0 Å². The van der Waals surface area contributed by atoms with Crippen LogP contribution in [-0.4, -0.2) is 29.9 Å². The third-order valence-electron chi connectivity index (χ3n) is 3.82. The summed E-state index contributed by atoms with van der Waals surface area (Å²) in [5.74, 6) is 0.566. The molecular formula is C17H22N2O. The topological polar surface area (TPSA) is 46.3 Å².